The summed E-state index contributed by atoms with van der Waals surface area (Å²) >= 11 is 0. The summed E-state index contributed by atoms with van der Waals surface area (Å²) in [6, 6.07) is 2.11. The lowest BCUT2D eigenvalue weighted by Gasteiger charge is -2.14. The number of rotatable bonds is 7. The summed E-state index contributed by atoms with van der Waals surface area (Å²) < 4.78 is 138. The number of halogens is 10. The van der Waals surface area contributed by atoms with Crippen molar-refractivity contribution < 1.29 is 58.2 Å². The van der Waals surface area contributed by atoms with E-state index in [-0.39, 0.29) is 0 Å². The molecule has 180 valence electrons. The Hall–Kier alpha value is -3.25. The highest BCUT2D eigenvalue weighted by Crippen LogP contribution is 2.29. The van der Waals surface area contributed by atoms with Crippen molar-refractivity contribution in [2.45, 2.75) is 19.3 Å². The fourth-order valence-corrected chi connectivity index (χ4v) is 2.40. The summed E-state index contributed by atoms with van der Waals surface area (Å²) in [6.45, 7) is -2.92. The molecule has 0 bridgehead atoms. The van der Waals surface area contributed by atoms with Gasteiger partial charge in [-0.2, -0.15) is 26.3 Å². The average Bonchev–Trinajstić information content (AvgIpc) is 2.72. The van der Waals surface area contributed by atoms with Crippen LogP contribution in [0.1, 0.15) is 21.5 Å². The van der Waals surface area contributed by atoms with Crippen LogP contribution < -0.4 is 9.47 Å². The molecule has 0 aliphatic heterocycles. The molecule has 0 atom stereocenters. The van der Waals surface area contributed by atoms with Gasteiger partial charge in [0.25, 0.3) is 0 Å². The highest BCUT2D eigenvalue weighted by atomic mass is 19.4. The molecule has 33 heavy (non-hydrogen) atoms. The number of allylic oxidation sites excluding steroid dienone is 1. The van der Waals surface area contributed by atoms with Crippen molar-refractivity contribution in [3.8, 4) is 11.5 Å². The van der Waals surface area contributed by atoms with Crippen molar-refractivity contribution in [2.24, 2.45) is 0 Å². The Morgan fingerprint density at radius 2 is 1.36 bits per heavy atom. The Morgan fingerprint density at radius 3 is 1.88 bits per heavy atom. The highest BCUT2D eigenvalue weighted by Gasteiger charge is 2.30. The maximum absolute atomic E-state index is 13.9. The summed E-state index contributed by atoms with van der Waals surface area (Å²) in [5.74, 6) is -9.81. The van der Waals surface area contributed by atoms with Crippen molar-refractivity contribution >= 4 is 11.9 Å². The van der Waals surface area contributed by atoms with Crippen LogP contribution in [0.3, 0.4) is 0 Å². The van der Waals surface area contributed by atoms with Gasteiger partial charge in [0.1, 0.15) is 11.5 Å². The first kappa shape index (κ1) is 26.0. The molecule has 0 fully saturated rings. The summed E-state index contributed by atoms with van der Waals surface area (Å²) in [5, 5.41) is 0. The molecule has 0 aliphatic rings. The fraction of sp³-hybridized carbons (Fsp3) is 0.250. The third-order valence-corrected chi connectivity index (χ3v) is 3.93. The topological polar surface area (TPSA) is 35.5 Å². The SMILES string of the molecule is Cc1c(F)c(F)c(C=CC(=O)c2cc(OCC(F)(F)F)ccc2OCC(F)(F)F)c(F)c1F. The second-order valence-electron chi connectivity index (χ2n) is 6.46. The van der Waals surface area contributed by atoms with Crippen LogP contribution >= 0.6 is 0 Å². The van der Waals surface area contributed by atoms with Gasteiger partial charge in [0.2, 0.25) is 0 Å². The van der Waals surface area contributed by atoms with Crippen molar-refractivity contribution in [2.75, 3.05) is 13.2 Å². The van der Waals surface area contributed by atoms with Crippen LogP contribution in [0, 0.1) is 30.2 Å². The number of carbonyl (C=O) groups is 1. The molecule has 3 nitrogen and oxygen atoms in total. The molecule has 0 saturated heterocycles. The molecule has 0 amide bonds. The van der Waals surface area contributed by atoms with E-state index in [4.69, 9.17) is 0 Å². The normalized spacial score (nSPS) is 12.3. The van der Waals surface area contributed by atoms with Crippen molar-refractivity contribution in [1.29, 1.82) is 0 Å². The van der Waals surface area contributed by atoms with Crippen LogP contribution in [-0.2, 0) is 0 Å². The minimum atomic E-state index is -4.84. The van der Waals surface area contributed by atoms with Gasteiger partial charge in [-0.15, -0.1) is 0 Å². The first-order valence-electron chi connectivity index (χ1n) is 8.69. The van der Waals surface area contributed by atoms with E-state index >= 15 is 0 Å². The zero-order valence-corrected chi connectivity index (χ0v) is 16.3. The molecule has 0 aromatic heterocycles. The molecule has 2 aromatic rings. The van der Waals surface area contributed by atoms with E-state index < -0.39 is 82.8 Å². The predicted octanol–water partition coefficient (Wildman–Crippen LogP) is 6.33. The van der Waals surface area contributed by atoms with E-state index in [9.17, 15) is 48.7 Å². The van der Waals surface area contributed by atoms with Gasteiger partial charge in [-0.3, -0.25) is 4.79 Å². The third-order valence-electron chi connectivity index (χ3n) is 3.93. The molecule has 0 saturated carbocycles. The molecule has 13 heteroatoms. The van der Waals surface area contributed by atoms with Crippen LogP contribution in [0.15, 0.2) is 24.3 Å². The summed E-state index contributed by atoms with van der Waals surface area (Å²) in [4.78, 5) is 12.4. The zero-order chi connectivity index (χ0) is 25.1. The van der Waals surface area contributed by atoms with E-state index in [1.807, 2.05) is 0 Å². The van der Waals surface area contributed by atoms with E-state index in [0.29, 0.717) is 24.3 Å². The third kappa shape index (κ3) is 6.86. The van der Waals surface area contributed by atoms with Gasteiger partial charge in [0.15, 0.2) is 42.3 Å². The lowest BCUT2D eigenvalue weighted by atomic mass is 10.1. The number of hydrogen-bond acceptors (Lipinski definition) is 3. The second-order valence-corrected chi connectivity index (χ2v) is 6.46. The minimum absolute atomic E-state index is 0.315. The van der Waals surface area contributed by atoms with E-state index in [0.717, 1.165) is 13.0 Å². The maximum atomic E-state index is 13.9. The van der Waals surface area contributed by atoms with Crippen LogP contribution in [0.4, 0.5) is 43.9 Å². The second kappa shape index (κ2) is 9.71. The van der Waals surface area contributed by atoms with Gasteiger partial charge < -0.3 is 9.47 Å². The first-order chi connectivity index (χ1) is 15.1. The number of alkyl halides is 6. The Kier molecular flexibility index (Phi) is 7.65. The van der Waals surface area contributed by atoms with Gasteiger partial charge in [-0.25, -0.2) is 17.6 Å². The Bertz CT molecular complexity index is 1040. The lowest BCUT2D eigenvalue weighted by Crippen LogP contribution is -2.21. The van der Waals surface area contributed by atoms with Gasteiger partial charge in [0, 0.05) is 5.56 Å². The summed E-state index contributed by atoms with van der Waals surface area (Å²) in [5.41, 5.74) is -3.04. The molecule has 0 spiro atoms. The first-order valence-corrected chi connectivity index (χ1v) is 8.69. The Morgan fingerprint density at radius 1 is 0.848 bits per heavy atom. The molecule has 0 N–H and O–H groups in total. The van der Waals surface area contributed by atoms with Crippen LogP contribution in [-0.4, -0.2) is 31.3 Å². The van der Waals surface area contributed by atoms with Gasteiger partial charge >= 0.3 is 12.4 Å². The molecule has 0 unspecified atom stereocenters. The van der Waals surface area contributed by atoms with Gasteiger partial charge in [-0.05, 0) is 37.3 Å². The van der Waals surface area contributed by atoms with Crippen molar-refractivity contribution in [3.05, 3.63) is 64.2 Å². The number of ketones is 1. The largest absolute Gasteiger partial charge is 0.484 e. The van der Waals surface area contributed by atoms with Crippen molar-refractivity contribution in [3.63, 3.8) is 0 Å². The predicted molar refractivity (Wildman–Crippen MR) is 93.9 cm³/mol. The molecular formula is C20H12F10O3. The fourth-order valence-electron chi connectivity index (χ4n) is 2.40. The summed E-state index contributed by atoms with van der Waals surface area (Å²) in [7, 11) is 0. The van der Waals surface area contributed by atoms with Gasteiger partial charge in [0.05, 0.1) is 11.1 Å². The number of benzene rings is 2. The van der Waals surface area contributed by atoms with E-state index in [2.05, 4.69) is 9.47 Å². The number of ether oxygens (including phenoxy) is 2. The smallest absolute Gasteiger partial charge is 0.422 e. The standard InChI is InChI=1S/C20H12F10O3/c1-9-15(21)17(23)11(18(24)16(9)22)3-4-13(31)12-6-10(32-7-19(25,26)27)2-5-14(12)33-8-20(28,29)30/h2-6H,7-8H2,1H3. The number of carbonyl (C=O) groups excluding carboxylic acids is 1. The Balaban J connectivity index is 2.44. The lowest BCUT2D eigenvalue weighted by molar-refractivity contribution is -0.154. The summed E-state index contributed by atoms with van der Waals surface area (Å²) in [6.07, 6.45) is -8.95. The number of hydrogen-bond donors (Lipinski definition) is 0. The monoisotopic (exact) mass is 490 g/mol. The van der Waals surface area contributed by atoms with E-state index in [1.54, 1.807) is 0 Å². The molecule has 2 rings (SSSR count). The zero-order valence-electron chi connectivity index (χ0n) is 16.3. The average molecular weight is 490 g/mol. The van der Waals surface area contributed by atoms with Crippen LogP contribution in [0.2, 0.25) is 0 Å². The van der Waals surface area contributed by atoms with Crippen molar-refractivity contribution in [1.82, 2.24) is 0 Å². The Labute approximate surface area is 179 Å². The quantitative estimate of drug-likeness (QED) is 0.197. The minimum Gasteiger partial charge on any atom is -0.484 e. The van der Waals surface area contributed by atoms with Gasteiger partial charge in [-0.1, -0.05) is 0 Å². The molecule has 0 radical (unpaired) electrons. The highest BCUT2D eigenvalue weighted by molar-refractivity contribution is 6.09. The molecule has 0 heterocycles. The molecule has 0 aliphatic carbocycles. The van der Waals surface area contributed by atoms with Crippen LogP contribution in [0.25, 0.3) is 6.08 Å². The molecule has 2 aromatic carbocycles. The maximum Gasteiger partial charge on any atom is 0.422 e. The molecular weight excluding hydrogens is 478 g/mol. The van der Waals surface area contributed by atoms with Crippen LogP contribution in [0.5, 0.6) is 11.5 Å². The van der Waals surface area contributed by atoms with E-state index in [1.165, 1.54) is 0 Å².